The normalized spacial score (nSPS) is 14.5. The van der Waals surface area contributed by atoms with E-state index in [0.29, 0.717) is 35.8 Å². The molecule has 2 aromatic heterocycles. The fraction of sp³-hybridized carbons (Fsp3) is 0.440. The van der Waals surface area contributed by atoms with Crippen molar-refractivity contribution >= 4 is 29.3 Å². The van der Waals surface area contributed by atoms with Crippen LogP contribution in [0, 0.1) is 0 Å². The molecular weight excluding hydrogens is 470 g/mol. The Kier molecular flexibility index (Phi) is 8.96. The minimum absolute atomic E-state index is 0.125. The Morgan fingerprint density at radius 2 is 1.97 bits per heavy atom. The van der Waals surface area contributed by atoms with Crippen LogP contribution in [0.3, 0.4) is 0 Å². The molecule has 0 N–H and O–H groups in total. The monoisotopic (exact) mass is 499 g/mol. The van der Waals surface area contributed by atoms with Crippen molar-refractivity contribution < 1.29 is 9.53 Å². The number of ether oxygens (including phenoxy) is 1. The van der Waals surface area contributed by atoms with Crippen LogP contribution < -0.4 is 0 Å². The topological polar surface area (TPSA) is 73.1 Å². The molecular formula is C25H30ClN5O2S. The van der Waals surface area contributed by atoms with Crippen molar-refractivity contribution in [2.45, 2.75) is 49.9 Å². The molecule has 0 saturated carbocycles. The van der Waals surface area contributed by atoms with Gasteiger partial charge in [-0.15, -0.1) is 0 Å². The van der Waals surface area contributed by atoms with Gasteiger partial charge in [-0.05, 0) is 37.5 Å². The summed E-state index contributed by atoms with van der Waals surface area (Å²) in [4.78, 5) is 27.9. The molecule has 9 heteroatoms. The van der Waals surface area contributed by atoms with Crippen molar-refractivity contribution in [3.63, 3.8) is 0 Å². The molecule has 1 saturated heterocycles. The molecule has 0 unspecified atom stereocenters. The van der Waals surface area contributed by atoms with Gasteiger partial charge in [0.1, 0.15) is 5.82 Å². The van der Waals surface area contributed by atoms with Crippen molar-refractivity contribution in [3.05, 3.63) is 71.0 Å². The fourth-order valence-electron chi connectivity index (χ4n) is 4.21. The molecule has 0 atom stereocenters. The van der Waals surface area contributed by atoms with Gasteiger partial charge in [0.15, 0.2) is 10.9 Å². The van der Waals surface area contributed by atoms with E-state index in [1.807, 2.05) is 35.6 Å². The molecule has 1 amide bonds. The second-order valence-corrected chi connectivity index (χ2v) is 9.52. The maximum Gasteiger partial charge on any atom is 0.274 e. The number of aryl methyl sites for hydroxylation is 1. The molecule has 1 aliphatic rings. The van der Waals surface area contributed by atoms with Crippen LogP contribution in [0.15, 0.2) is 54.1 Å². The number of likely N-dealkylation sites (tertiary alicyclic amines) is 1. The van der Waals surface area contributed by atoms with Gasteiger partial charge in [-0.25, -0.2) is 15.0 Å². The SMILES string of the molecule is CSc1ncc(Cl)c(C(=O)N2CCC(c3nccn3CCCCOCc3ccccc3)CC2)n1. The second kappa shape index (κ2) is 12.3. The van der Waals surface area contributed by atoms with Crippen LogP contribution in [0.1, 0.15) is 53.5 Å². The van der Waals surface area contributed by atoms with Gasteiger partial charge in [0.25, 0.3) is 5.91 Å². The number of aromatic nitrogens is 4. The van der Waals surface area contributed by atoms with E-state index in [2.05, 4.69) is 37.8 Å². The summed E-state index contributed by atoms with van der Waals surface area (Å²) in [6.07, 6.45) is 11.1. The number of nitrogens with zero attached hydrogens (tertiary/aromatic N) is 5. The third-order valence-electron chi connectivity index (χ3n) is 6.05. The largest absolute Gasteiger partial charge is 0.377 e. The van der Waals surface area contributed by atoms with Gasteiger partial charge < -0.3 is 14.2 Å². The first-order valence-electron chi connectivity index (χ1n) is 11.6. The van der Waals surface area contributed by atoms with Gasteiger partial charge in [0.05, 0.1) is 17.8 Å². The highest BCUT2D eigenvalue weighted by molar-refractivity contribution is 7.98. The molecule has 180 valence electrons. The van der Waals surface area contributed by atoms with Crippen molar-refractivity contribution in [3.8, 4) is 0 Å². The summed E-state index contributed by atoms with van der Waals surface area (Å²) < 4.78 is 8.05. The molecule has 3 heterocycles. The van der Waals surface area contributed by atoms with E-state index in [1.54, 1.807) is 0 Å². The molecule has 1 aromatic carbocycles. The molecule has 3 aromatic rings. The molecule has 0 spiro atoms. The molecule has 7 nitrogen and oxygen atoms in total. The van der Waals surface area contributed by atoms with Gasteiger partial charge in [0, 0.05) is 44.6 Å². The van der Waals surface area contributed by atoms with Crippen LogP contribution in [0.5, 0.6) is 0 Å². The van der Waals surface area contributed by atoms with E-state index in [4.69, 9.17) is 16.3 Å². The second-order valence-electron chi connectivity index (χ2n) is 8.34. The average Bonchev–Trinajstić information content (AvgIpc) is 3.35. The first-order chi connectivity index (χ1) is 16.7. The van der Waals surface area contributed by atoms with E-state index in [-0.39, 0.29) is 11.6 Å². The number of hydrogen-bond donors (Lipinski definition) is 0. The Bertz CT molecular complexity index is 1070. The lowest BCUT2D eigenvalue weighted by molar-refractivity contribution is 0.0703. The van der Waals surface area contributed by atoms with Gasteiger partial charge >= 0.3 is 0 Å². The number of unbranched alkanes of at least 4 members (excludes halogenated alkanes) is 1. The Labute approximate surface area is 209 Å². The van der Waals surface area contributed by atoms with E-state index < -0.39 is 0 Å². The first-order valence-corrected chi connectivity index (χ1v) is 13.2. The number of thioether (sulfide) groups is 1. The van der Waals surface area contributed by atoms with Gasteiger partial charge in [0.2, 0.25) is 0 Å². The molecule has 0 bridgehead atoms. The van der Waals surface area contributed by atoms with Crippen LogP contribution in [0.2, 0.25) is 5.02 Å². The van der Waals surface area contributed by atoms with Crippen LogP contribution in [-0.2, 0) is 17.9 Å². The predicted octanol–water partition coefficient (Wildman–Crippen LogP) is 5.07. The number of hydrogen-bond acceptors (Lipinski definition) is 6. The Morgan fingerprint density at radius 1 is 1.18 bits per heavy atom. The van der Waals surface area contributed by atoms with Crippen molar-refractivity contribution in [2.24, 2.45) is 0 Å². The predicted molar refractivity (Wildman–Crippen MR) is 134 cm³/mol. The molecule has 1 fully saturated rings. The molecule has 0 radical (unpaired) electrons. The Balaban J connectivity index is 1.23. The third kappa shape index (κ3) is 6.37. The quantitative estimate of drug-likeness (QED) is 0.220. The van der Waals surface area contributed by atoms with Crippen molar-refractivity contribution in [1.29, 1.82) is 0 Å². The summed E-state index contributed by atoms with van der Waals surface area (Å²) in [6, 6.07) is 10.3. The Morgan fingerprint density at radius 3 is 2.74 bits per heavy atom. The minimum atomic E-state index is -0.125. The highest BCUT2D eigenvalue weighted by Crippen LogP contribution is 2.29. The standard InChI is InChI=1S/C25H30ClN5O2S/c1-34-25-28-17-21(26)22(29-25)24(32)31-13-9-20(10-14-31)23-27-11-15-30(23)12-5-6-16-33-18-19-7-3-2-4-8-19/h2-4,7-8,11,15,17,20H,5-6,9-10,12-14,16,18H2,1H3. The Hall–Kier alpha value is -2.42. The lowest BCUT2D eigenvalue weighted by atomic mass is 9.95. The van der Waals surface area contributed by atoms with E-state index >= 15 is 0 Å². The summed E-state index contributed by atoms with van der Waals surface area (Å²) in [6.45, 7) is 3.67. The number of piperidine rings is 1. The van der Waals surface area contributed by atoms with Crippen LogP contribution >= 0.6 is 23.4 Å². The minimum Gasteiger partial charge on any atom is -0.377 e. The number of carbonyl (C=O) groups excluding carboxylic acids is 1. The maximum atomic E-state index is 13.0. The molecule has 4 rings (SSSR count). The van der Waals surface area contributed by atoms with Crippen molar-refractivity contribution in [2.75, 3.05) is 26.0 Å². The highest BCUT2D eigenvalue weighted by atomic mass is 35.5. The molecule has 1 aliphatic heterocycles. The number of amides is 1. The summed E-state index contributed by atoms with van der Waals surface area (Å²) >= 11 is 7.60. The zero-order chi connectivity index (χ0) is 23.8. The van der Waals surface area contributed by atoms with Crippen LogP contribution in [0.4, 0.5) is 0 Å². The molecule has 34 heavy (non-hydrogen) atoms. The summed E-state index contributed by atoms with van der Waals surface area (Å²) in [7, 11) is 0. The van der Waals surface area contributed by atoms with Crippen LogP contribution in [0.25, 0.3) is 0 Å². The maximum absolute atomic E-state index is 13.0. The number of rotatable bonds is 10. The number of imidazole rings is 1. The smallest absolute Gasteiger partial charge is 0.274 e. The van der Waals surface area contributed by atoms with Gasteiger partial charge in [-0.3, -0.25) is 4.79 Å². The highest BCUT2D eigenvalue weighted by Gasteiger charge is 2.28. The number of carbonyl (C=O) groups is 1. The van der Waals surface area contributed by atoms with Gasteiger partial charge in [-0.2, -0.15) is 0 Å². The van der Waals surface area contributed by atoms with E-state index in [0.717, 1.165) is 44.7 Å². The fourth-order valence-corrected chi connectivity index (χ4v) is 4.72. The zero-order valence-electron chi connectivity index (χ0n) is 19.4. The number of benzene rings is 1. The molecule has 0 aliphatic carbocycles. The van der Waals surface area contributed by atoms with E-state index in [1.165, 1.54) is 23.5 Å². The summed E-state index contributed by atoms with van der Waals surface area (Å²) in [5.41, 5.74) is 1.49. The van der Waals surface area contributed by atoms with Crippen molar-refractivity contribution in [1.82, 2.24) is 24.4 Å². The number of halogens is 1. The first kappa shape index (κ1) is 24.7. The third-order valence-corrected chi connectivity index (χ3v) is 6.89. The summed E-state index contributed by atoms with van der Waals surface area (Å²) in [5.74, 6) is 1.33. The summed E-state index contributed by atoms with van der Waals surface area (Å²) in [5, 5.41) is 0.850. The zero-order valence-corrected chi connectivity index (χ0v) is 21.0. The van der Waals surface area contributed by atoms with Gasteiger partial charge in [-0.1, -0.05) is 53.7 Å². The van der Waals surface area contributed by atoms with E-state index in [9.17, 15) is 4.79 Å². The van der Waals surface area contributed by atoms with Crippen LogP contribution in [-0.4, -0.2) is 56.3 Å². The lowest BCUT2D eigenvalue weighted by Crippen LogP contribution is -2.39. The lowest BCUT2D eigenvalue weighted by Gasteiger charge is -2.32. The average molecular weight is 500 g/mol.